The summed E-state index contributed by atoms with van der Waals surface area (Å²) < 4.78 is 0. The van der Waals surface area contributed by atoms with Gasteiger partial charge in [0.2, 0.25) is 0 Å². The van der Waals surface area contributed by atoms with Gasteiger partial charge in [-0.05, 0) is 55.8 Å². The highest BCUT2D eigenvalue weighted by Crippen LogP contribution is 2.17. The second-order valence-electron chi connectivity index (χ2n) is 4.71. The third-order valence-electron chi connectivity index (χ3n) is 3.32. The average Bonchev–Trinajstić information content (AvgIpc) is 2.31. The lowest BCUT2D eigenvalue weighted by Gasteiger charge is -2.22. The van der Waals surface area contributed by atoms with Gasteiger partial charge in [0.05, 0.1) is 0 Å². The Morgan fingerprint density at radius 1 is 1.31 bits per heavy atom. The molecule has 0 amide bonds. The van der Waals surface area contributed by atoms with Crippen molar-refractivity contribution in [2.24, 2.45) is 5.92 Å². The van der Waals surface area contributed by atoms with E-state index in [1.165, 1.54) is 36.9 Å². The van der Waals surface area contributed by atoms with Crippen LogP contribution in [0.4, 0.5) is 0 Å². The molecule has 0 aromatic heterocycles. The summed E-state index contributed by atoms with van der Waals surface area (Å²) in [5.41, 5.74) is 2.67. The van der Waals surface area contributed by atoms with Gasteiger partial charge >= 0.3 is 0 Å². The van der Waals surface area contributed by atoms with E-state index in [-0.39, 0.29) is 6.61 Å². The number of aliphatic hydroxyl groups excluding tert-OH is 1. The summed E-state index contributed by atoms with van der Waals surface area (Å²) in [5, 5.41) is 12.4. The van der Waals surface area contributed by atoms with Crippen LogP contribution in [-0.2, 0) is 12.8 Å². The first kappa shape index (κ1) is 11.6. The maximum absolute atomic E-state index is 8.92. The number of nitrogens with one attached hydrogen (secondary N) is 1. The van der Waals surface area contributed by atoms with Crippen molar-refractivity contribution in [3.8, 4) is 0 Å². The van der Waals surface area contributed by atoms with E-state index in [1.54, 1.807) is 0 Å². The molecule has 1 atom stereocenters. The third kappa shape index (κ3) is 3.32. The molecule has 2 heteroatoms. The highest BCUT2D eigenvalue weighted by Gasteiger charge is 2.13. The average molecular weight is 219 g/mol. The molecule has 16 heavy (non-hydrogen) atoms. The van der Waals surface area contributed by atoms with Gasteiger partial charge in [-0.15, -0.1) is 0 Å². The maximum atomic E-state index is 8.92. The van der Waals surface area contributed by atoms with Gasteiger partial charge in [0.25, 0.3) is 0 Å². The van der Waals surface area contributed by atoms with Crippen molar-refractivity contribution in [2.45, 2.75) is 25.7 Å². The van der Waals surface area contributed by atoms with Gasteiger partial charge in [-0.25, -0.2) is 0 Å². The topological polar surface area (TPSA) is 32.3 Å². The maximum Gasteiger partial charge on any atom is 0.0471 e. The van der Waals surface area contributed by atoms with Crippen molar-refractivity contribution >= 4 is 0 Å². The fourth-order valence-electron chi connectivity index (χ4n) is 2.47. The van der Waals surface area contributed by atoms with E-state index in [4.69, 9.17) is 5.11 Å². The molecule has 1 aromatic carbocycles. The minimum Gasteiger partial charge on any atom is -0.396 e. The Hall–Kier alpha value is -0.860. The quantitative estimate of drug-likeness (QED) is 0.809. The lowest BCUT2D eigenvalue weighted by atomic mass is 9.91. The minimum atomic E-state index is 0.244. The zero-order valence-electron chi connectivity index (χ0n) is 9.78. The summed E-state index contributed by atoms with van der Waals surface area (Å²) in [6, 6.07) is 8.65. The van der Waals surface area contributed by atoms with Crippen molar-refractivity contribution in [3.05, 3.63) is 35.4 Å². The van der Waals surface area contributed by atoms with Crippen LogP contribution in [0.2, 0.25) is 0 Å². The first-order valence-corrected chi connectivity index (χ1v) is 6.28. The molecule has 1 unspecified atom stereocenters. The van der Waals surface area contributed by atoms with Crippen LogP contribution in [0.25, 0.3) is 0 Å². The van der Waals surface area contributed by atoms with Crippen LogP contribution < -0.4 is 5.32 Å². The first-order valence-electron chi connectivity index (χ1n) is 6.28. The largest absolute Gasteiger partial charge is 0.396 e. The van der Waals surface area contributed by atoms with Gasteiger partial charge in [-0.2, -0.15) is 0 Å². The van der Waals surface area contributed by atoms with Crippen molar-refractivity contribution in [1.29, 1.82) is 0 Å². The van der Waals surface area contributed by atoms with Crippen LogP contribution in [-0.4, -0.2) is 24.8 Å². The number of piperidine rings is 1. The lowest BCUT2D eigenvalue weighted by Crippen LogP contribution is -2.30. The normalized spacial score (nSPS) is 20.9. The van der Waals surface area contributed by atoms with Crippen molar-refractivity contribution in [2.75, 3.05) is 19.7 Å². The van der Waals surface area contributed by atoms with Gasteiger partial charge in [-0.3, -0.25) is 0 Å². The van der Waals surface area contributed by atoms with E-state index in [1.807, 2.05) is 0 Å². The second kappa shape index (κ2) is 6.02. The van der Waals surface area contributed by atoms with Crippen molar-refractivity contribution in [3.63, 3.8) is 0 Å². The molecule has 1 saturated heterocycles. The molecule has 0 spiro atoms. The molecule has 88 valence electrons. The number of benzene rings is 1. The lowest BCUT2D eigenvalue weighted by molar-refractivity contribution is 0.299. The monoisotopic (exact) mass is 219 g/mol. The van der Waals surface area contributed by atoms with Crippen LogP contribution >= 0.6 is 0 Å². The van der Waals surface area contributed by atoms with Crippen LogP contribution in [0.3, 0.4) is 0 Å². The predicted molar refractivity (Wildman–Crippen MR) is 66.5 cm³/mol. The van der Waals surface area contributed by atoms with Gasteiger partial charge in [0.15, 0.2) is 0 Å². The van der Waals surface area contributed by atoms with Gasteiger partial charge in [0.1, 0.15) is 0 Å². The van der Waals surface area contributed by atoms with E-state index < -0.39 is 0 Å². The number of rotatable bonds is 4. The van der Waals surface area contributed by atoms with E-state index in [9.17, 15) is 0 Å². The van der Waals surface area contributed by atoms with Crippen molar-refractivity contribution < 1.29 is 5.11 Å². The number of aliphatic hydroxyl groups is 1. The summed E-state index contributed by atoms with van der Waals surface area (Å²) in [6.07, 6.45) is 4.60. The smallest absolute Gasteiger partial charge is 0.0471 e. The second-order valence-corrected chi connectivity index (χ2v) is 4.71. The standard InChI is InChI=1S/C14H21NO/c16-8-6-12-3-1-4-13(9-12)10-14-5-2-7-15-11-14/h1,3-4,9,14-16H,2,5-8,10-11H2. The highest BCUT2D eigenvalue weighted by atomic mass is 16.2. The van der Waals surface area contributed by atoms with Crippen LogP contribution in [0.15, 0.2) is 24.3 Å². The van der Waals surface area contributed by atoms with E-state index in [0.717, 1.165) is 18.9 Å². The van der Waals surface area contributed by atoms with Gasteiger partial charge in [0, 0.05) is 6.61 Å². The Kier molecular flexibility index (Phi) is 4.37. The Balaban J connectivity index is 1.94. The predicted octanol–water partition coefficient (Wildman–Crippen LogP) is 1.76. The molecule has 1 aliphatic rings. The zero-order valence-corrected chi connectivity index (χ0v) is 9.78. The molecule has 2 N–H and O–H groups in total. The molecule has 1 aromatic rings. The third-order valence-corrected chi connectivity index (χ3v) is 3.32. The molecule has 0 saturated carbocycles. The Morgan fingerprint density at radius 3 is 2.94 bits per heavy atom. The number of hydrogen-bond donors (Lipinski definition) is 2. The summed E-state index contributed by atoms with van der Waals surface area (Å²) >= 11 is 0. The first-order chi connectivity index (χ1) is 7.88. The van der Waals surface area contributed by atoms with Crippen LogP contribution in [0.1, 0.15) is 24.0 Å². The Labute approximate surface area is 97.7 Å². The molecule has 2 nitrogen and oxygen atoms in total. The Morgan fingerprint density at radius 2 is 2.19 bits per heavy atom. The molecule has 1 aliphatic heterocycles. The van der Waals surface area contributed by atoms with E-state index in [0.29, 0.717) is 0 Å². The fraction of sp³-hybridized carbons (Fsp3) is 0.571. The SMILES string of the molecule is OCCc1cccc(CC2CCCNC2)c1. The van der Waals surface area contributed by atoms with E-state index >= 15 is 0 Å². The van der Waals surface area contributed by atoms with Crippen LogP contribution in [0, 0.1) is 5.92 Å². The van der Waals surface area contributed by atoms with Crippen molar-refractivity contribution in [1.82, 2.24) is 5.32 Å². The molecule has 0 aliphatic carbocycles. The summed E-state index contributed by atoms with van der Waals surface area (Å²) in [6.45, 7) is 2.58. The molecular formula is C14H21NO. The molecule has 0 bridgehead atoms. The summed E-state index contributed by atoms with van der Waals surface area (Å²) in [4.78, 5) is 0. The fourth-order valence-corrected chi connectivity index (χ4v) is 2.47. The molecular weight excluding hydrogens is 198 g/mol. The molecule has 1 fully saturated rings. The molecule has 1 heterocycles. The van der Waals surface area contributed by atoms with Gasteiger partial charge < -0.3 is 10.4 Å². The Bertz CT molecular complexity index is 318. The molecule has 0 radical (unpaired) electrons. The van der Waals surface area contributed by atoms with Gasteiger partial charge in [-0.1, -0.05) is 24.3 Å². The van der Waals surface area contributed by atoms with E-state index in [2.05, 4.69) is 29.6 Å². The highest BCUT2D eigenvalue weighted by molar-refractivity contribution is 5.24. The number of hydrogen-bond acceptors (Lipinski definition) is 2. The molecule has 2 rings (SSSR count). The van der Waals surface area contributed by atoms with Crippen LogP contribution in [0.5, 0.6) is 0 Å². The minimum absolute atomic E-state index is 0.244. The zero-order chi connectivity index (χ0) is 11.2. The summed E-state index contributed by atoms with van der Waals surface area (Å²) in [7, 11) is 0. The summed E-state index contributed by atoms with van der Waals surface area (Å²) in [5.74, 6) is 0.790.